The van der Waals surface area contributed by atoms with Gasteiger partial charge in [-0.1, -0.05) is 6.42 Å². The number of hydrogen-bond acceptors (Lipinski definition) is 3. The van der Waals surface area contributed by atoms with Crippen LogP contribution in [0.2, 0.25) is 0 Å². The van der Waals surface area contributed by atoms with Crippen molar-refractivity contribution >= 4 is 0 Å². The number of alkyl halides is 3. The van der Waals surface area contributed by atoms with Crippen molar-refractivity contribution in [3.63, 3.8) is 0 Å². The van der Waals surface area contributed by atoms with Gasteiger partial charge in [-0.3, -0.25) is 0 Å². The fourth-order valence-corrected chi connectivity index (χ4v) is 1.44. The van der Waals surface area contributed by atoms with Gasteiger partial charge in [-0.05, 0) is 39.4 Å². The lowest BCUT2D eigenvalue weighted by Gasteiger charge is -2.16. The maximum atomic E-state index is 11.7. The normalized spacial score (nSPS) is 12.4. The Morgan fingerprint density at radius 3 is 2.29 bits per heavy atom. The summed E-state index contributed by atoms with van der Waals surface area (Å²) < 4.78 is 39.7. The molecule has 0 aromatic heterocycles. The largest absolute Gasteiger partial charge is 0.411 e. The lowest BCUT2D eigenvalue weighted by atomic mass is 10.2. The molecule has 2 N–H and O–H groups in total. The number of nitrogens with two attached hydrogens (primary N) is 1. The quantitative estimate of drug-likeness (QED) is 0.608. The fourth-order valence-electron chi connectivity index (χ4n) is 1.44. The van der Waals surface area contributed by atoms with Crippen LogP contribution in [-0.2, 0) is 4.74 Å². The van der Waals surface area contributed by atoms with Gasteiger partial charge in [0.05, 0.1) is 0 Å². The lowest BCUT2D eigenvalue weighted by Crippen LogP contribution is -2.23. The molecule has 0 bridgehead atoms. The molecule has 104 valence electrons. The van der Waals surface area contributed by atoms with E-state index in [1.54, 1.807) is 0 Å². The number of unbranched alkanes of at least 4 members (excludes halogenated alkanes) is 2. The third-order valence-corrected chi connectivity index (χ3v) is 2.34. The SMILES string of the molecule is CN(CCCCCN)CCCOCC(F)(F)F. The van der Waals surface area contributed by atoms with Crippen molar-refractivity contribution in [3.05, 3.63) is 0 Å². The molecule has 3 nitrogen and oxygen atoms in total. The summed E-state index contributed by atoms with van der Waals surface area (Å²) in [5.74, 6) is 0. The molecule has 0 aliphatic rings. The Hall–Kier alpha value is -0.330. The van der Waals surface area contributed by atoms with Gasteiger partial charge >= 0.3 is 6.18 Å². The first kappa shape index (κ1) is 16.7. The third kappa shape index (κ3) is 13.6. The molecule has 6 heteroatoms. The number of halogens is 3. The molecule has 0 aliphatic heterocycles. The summed E-state index contributed by atoms with van der Waals surface area (Å²) in [5.41, 5.74) is 5.37. The van der Waals surface area contributed by atoms with Crippen molar-refractivity contribution in [2.75, 3.05) is 39.9 Å². The zero-order chi connectivity index (χ0) is 13.1. The van der Waals surface area contributed by atoms with E-state index in [0.29, 0.717) is 6.42 Å². The monoisotopic (exact) mass is 256 g/mol. The van der Waals surface area contributed by atoms with Gasteiger partial charge < -0.3 is 15.4 Å². The summed E-state index contributed by atoms with van der Waals surface area (Å²) in [4.78, 5) is 2.10. The van der Waals surface area contributed by atoms with Crippen LogP contribution in [-0.4, -0.2) is 51.0 Å². The molecular formula is C11H23F3N2O. The second kappa shape index (κ2) is 9.67. The minimum Gasteiger partial charge on any atom is -0.372 e. The lowest BCUT2D eigenvalue weighted by molar-refractivity contribution is -0.174. The Kier molecular flexibility index (Phi) is 9.49. The average Bonchev–Trinajstić information content (AvgIpc) is 2.22. The van der Waals surface area contributed by atoms with Crippen molar-refractivity contribution in [2.45, 2.75) is 31.9 Å². The van der Waals surface area contributed by atoms with Crippen molar-refractivity contribution in [1.29, 1.82) is 0 Å². The van der Waals surface area contributed by atoms with Gasteiger partial charge in [-0.25, -0.2) is 0 Å². The van der Waals surface area contributed by atoms with Gasteiger partial charge in [0.25, 0.3) is 0 Å². The molecule has 0 heterocycles. The maximum Gasteiger partial charge on any atom is 0.411 e. The number of nitrogens with zero attached hydrogens (tertiary/aromatic N) is 1. The third-order valence-electron chi connectivity index (χ3n) is 2.34. The van der Waals surface area contributed by atoms with Crippen LogP contribution in [0.15, 0.2) is 0 Å². The van der Waals surface area contributed by atoms with Crippen LogP contribution in [0.5, 0.6) is 0 Å². The molecule has 0 aliphatic carbocycles. The van der Waals surface area contributed by atoms with Crippen molar-refractivity contribution in [3.8, 4) is 0 Å². The predicted molar refractivity (Wildman–Crippen MR) is 61.9 cm³/mol. The Bertz CT molecular complexity index is 177. The molecule has 0 aromatic rings. The van der Waals surface area contributed by atoms with Gasteiger partial charge in [0.1, 0.15) is 6.61 Å². The van der Waals surface area contributed by atoms with E-state index in [-0.39, 0.29) is 6.61 Å². The molecule has 0 amide bonds. The summed E-state index contributed by atoms with van der Waals surface area (Å²) >= 11 is 0. The highest BCUT2D eigenvalue weighted by molar-refractivity contribution is 4.53. The van der Waals surface area contributed by atoms with Crippen LogP contribution in [0, 0.1) is 0 Å². The minimum absolute atomic E-state index is 0.159. The standard InChI is InChI=1S/C11H23F3N2O/c1-16(7-4-2-3-6-15)8-5-9-17-10-11(12,13)14/h2-10,15H2,1H3. The zero-order valence-electron chi connectivity index (χ0n) is 10.4. The molecule has 17 heavy (non-hydrogen) atoms. The van der Waals surface area contributed by atoms with E-state index in [9.17, 15) is 13.2 Å². The van der Waals surface area contributed by atoms with Gasteiger partial charge in [-0.2, -0.15) is 13.2 Å². The highest BCUT2D eigenvalue weighted by Crippen LogP contribution is 2.14. The molecule has 0 rings (SSSR count). The highest BCUT2D eigenvalue weighted by atomic mass is 19.4. The van der Waals surface area contributed by atoms with E-state index in [1.807, 2.05) is 7.05 Å². The molecule has 0 saturated heterocycles. The second-order valence-electron chi connectivity index (χ2n) is 4.17. The van der Waals surface area contributed by atoms with Gasteiger partial charge in [0, 0.05) is 13.2 Å². The van der Waals surface area contributed by atoms with Crippen LogP contribution in [0.1, 0.15) is 25.7 Å². The molecule has 0 fully saturated rings. The molecule has 0 unspecified atom stereocenters. The Morgan fingerprint density at radius 2 is 1.71 bits per heavy atom. The first-order valence-corrected chi connectivity index (χ1v) is 5.99. The van der Waals surface area contributed by atoms with E-state index in [1.165, 1.54) is 0 Å². The van der Waals surface area contributed by atoms with Crippen LogP contribution in [0.3, 0.4) is 0 Å². The first-order valence-electron chi connectivity index (χ1n) is 5.99. The van der Waals surface area contributed by atoms with Crippen LogP contribution < -0.4 is 5.73 Å². The number of hydrogen-bond donors (Lipinski definition) is 1. The number of ether oxygens (including phenoxy) is 1. The number of rotatable bonds is 10. The van der Waals surface area contributed by atoms with Gasteiger partial charge in [0.2, 0.25) is 0 Å². The molecule has 0 spiro atoms. The van der Waals surface area contributed by atoms with Gasteiger partial charge in [-0.15, -0.1) is 0 Å². The topological polar surface area (TPSA) is 38.5 Å². The van der Waals surface area contributed by atoms with Crippen molar-refractivity contribution in [1.82, 2.24) is 4.90 Å². The van der Waals surface area contributed by atoms with Crippen molar-refractivity contribution < 1.29 is 17.9 Å². The first-order chi connectivity index (χ1) is 7.95. The Balaban J connectivity index is 3.24. The average molecular weight is 256 g/mol. The molecular weight excluding hydrogens is 233 g/mol. The summed E-state index contributed by atoms with van der Waals surface area (Å²) in [6.07, 6.45) is -0.372. The molecule has 0 saturated carbocycles. The smallest absolute Gasteiger partial charge is 0.372 e. The maximum absolute atomic E-state index is 11.7. The minimum atomic E-state index is -4.21. The van der Waals surface area contributed by atoms with Crippen LogP contribution >= 0.6 is 0 Å². The second-order valence-corrected chi connectivity index (χ2v) is 4.17. The van der Waals surface area contributed by atoms with Crippen molar-refractivity contribution in [2.24, 2.45) is 5.73 Å². The Morgan fingerprint density at radius 1 is 1.06 bits per heavy atom. The molecule has 0 aromatic carbocycles. The highest BCUT2D eigenvalue weighted by Gasteiger charge is 2.27. The summed E-state index contributed by atoms with van der Waals surface area (Å²) in [5, 5.41) is 0. The van der Waals surface area contributed by atoms with Gasteiger partial charge in [0.15, 0.2) is 0 Å². The molecule has 0 atom stereocenters. The predicted octanol–water partition coefficient (Wildman–Crippen LogP) is 2.02. The fraction of sp³-hybridized carbons (Fsp3) is 1.00. The summed E-state index contributed by atoms with van der Waals surface area (Å²) in [6.45, 7) is 1.45. The van der Waals surface area contributed by atoms with E-state index < -0.39 is 12.8 Å². The zero-order valence-corrected chi connectivity index (χ0v) is 10.4. The van der Waals surface area contributed by atoms with E-state index >= 15 is 0 Å². The summed E-state index contributed by atoms with van der Waals surface area (Å²) in [7, 11) is 1.96. The van der Waals surface area contributed by atoms with E-state index in [2.05, 4.69) is 9.64 Å². The van der Waals surface area contributed by atoms with E-state index in [0.717, 1.165) is 38.9 Å². The van der Waals surface area contributed by atoms with Crippen LogP contribution in [0.4, 0.5) is 13.2 Å². The van der Waals surface area contributed by atoms with E-state index in [4.69, 9.17) is 5.73 Å². The Labute approximate surface area is 101 Å². The molecule has 0 radical (unpaired) electrons. The van der Waals surface area contributed by atoms with Crippen LogP contribution in [0.25, 0.3) is 0 Å². The summed E-state index contributed by atoms with van der Waals surface area (Å²) in [6, 6.07) is 0.